The van der Waals surface area contributed by atoms with Crippen molar-refractivity contribution in [3.8, 4) is 0 Å². The number of carbonyl (C=O) groups excluding carboxylic acids is 1. The third kappa shape index (κ3) is 3.10. The summed E-state index contributed by atoms with van der Waals surface area (Å²) in [5, 5.41) is 5.63. The standard InChI is InChI=1S/C10H15BrN4O/c1-6-7(12)5-15-10(9(6)11)14-4-3-8(16)13-2/h5H,3-4,12H2,1-2H3,(H,13,16)(H,14,15). The highest BCUT2D eigenvalue weighted by Gasteiger charge is 2.07. The predicted octanol–water partition coefficient (Wildman–Crippen LogP) is 1.28. The van der Waals surface area contributed by atoms with Crippen LogP contribution in [0.25, 0.3) is 0 Å². The van der Waals surface area contributed by atoms with Gasteiger partial charge in [-0.2, -0.15) is 0 Å². The summed E-state index contributed by atoms with van der Waals surface area (Å²) in [5.41, 5.74) is 7.29. The summed E-state index contributed by atoms with van der Waals surface area (Å²) in [7, 11) is 1.61. The Morgan fingerprint density at radius 2 is 2.31 bits per heavy atom. The molecule has 0 atom stereocenters. The minimum atomic E-state index is -0.00390. The Labute approximate surface area is 103 Å². The molecule has 0 radical (unpaired) electrons. The Morgan fingerprint density at radius 1 is 1.62 bits per heavy atom. The lowest BCUT2D eigenvalue weighted by atomic mass is 10.2. The van der Waals surface area contributed by atoms with Crippen LogP contribution in [-0.2, 0) is 4.79 Å². The van der Waals surface area contributed by atoms with Gasteiger partial charge in [0.2, 0.25) is 5.91 Å². The van der Waals surface area contributed by atoms with E-state index in [1.54, 1.807) is 13.2 Å². The molecule has 1 heterocycles. The topological polar surface area (TPSA) is 80.0 Å². The maximum absolute atomic E-state index is 11.0. The lowest BCUT2D eigenvalue weighted by Gasteiger charge is -2.10. The van der Waals surface area contributed by atoms with Gasteiger partial charge in [-0.3, -0.25) is 4.79 Å². The first-order chi connectivity index (χ1) is 7.56. The normalized spacial score (nSPS) is 9.94. The van der Waals surface area contributed by atoms with Crippen molar-refractivity contribution in [1.29, 1.82) is 0 Å². The van der Waals surface area contributed by atoms with Gasteiger partial charge in [-0.25, -0.2) is 4.98 Å². The molecule has 0 aromatic carbocycles. The van der Waals surface area contributed by atoms with E-state index in [0.29, 0.717) is 24.5 Å². The zero-order valence-electron chi connectivity index (χ0n) is 9.30. The van der Waals surface area contributed by atoms with Crippen molar-refractivity contribution in [3.05, 3.63) is 16.2 Å². The number of nitrogens with two attached hydrogens (primary N) is 1. The van der Waals surface area contributed by atoms with Gasteiger partial charge < -0.3 is 16.4 Å². The highest BCUT2D eigenvalue weighted by atomic mass is 79.9. The first kappa shape index (κ1) is 12.8. The molecule has 1 rings (SSSR count). The summed E-state index contributed by atoms with van der Waals surface area (Å²) in [6, 6.07) is 0. The number of rotatable bonds is 4. The molecule has 0 unspecified atom stereocenters. The van der Waals surface area contributed by atoms with Crippen LogP contribution < -0.4 is 16.4 Å². The lowest BCUT2D eigenvalue weighted by Crippen LogP contribution is -2.21. The van der Waals surface area contributed by atoms with Crippen molar-refractivity contribution < 1.29 is 4.79 Å². The molecule has 6 heteroatoms. The molecule has 0 aliphatic heterocycles. The van der Waals surface area contributed by atoms with Crippen LogP contribution in [0.5, 0.6) is 0 Å². The summed E-state index contributed by atoms with van der Waals surface area (Å²) in [6.07, 6.45) is 2.01. The molecule has 1 amide bonds. The SMILES string of the molecule is CNC(=O)CCNc1ncc(N)c(C)c1Br. The average molecular weight is 287 g/mol. The number of aromatic nitrogens is 1. The van der Waals surface area contributed by atoms with E-state index >= 15 is 0 Å². The summed E-state index contributed by atoms with van der Waals surface area (Å²) in [5.74, 6) is 0.700. The van der Waals surface area contributed by atoms with Crippen LogP contribution in [0.4, 0.5) is 11.5 Å². The molecule has 0 fully saturated rings. The van der Waals surface area contributed by atoms with Crippen molar-refractivity contribution in [3.63, 3.8) is 0 Å². The number of anilines is 2. The van der Waals surface area contributed by atoms with E-state index in [1.165, 1.54) is 0 Å². The van der Waals surface area contributed by atoms with E-state index in [4.69, 9.17) is 5.73 Å². The predicted molar refractivity (Wildman–Crippen MR) is 68.3 cm³/mol. The smallest absolute Gasteiger partial charge is 0.221 e. The maximum atomic E-state index is 11.0. The second kappa shape index (κ2) is 5.69. The molecule has 0 aliphatic carbocycles. The largest absolute Gasteiger partial charge is 0.397 e. The summed E-state index contributed by atoms with van der Waals surface area (Å²) in [6.45, 7) is 2.44. The first-order valence-corrected chi connectivity index (χ1v) is 5.70. The molecule has 0 bridgehead atoms. The number of nitrogen functional groups attached to an aromatic ring is 1. The molecule has 88 valence electrons. The van der Waals surface area contributed by atoms with Crippen LogP contribution in [0.3, 0.4) is 0 Å². The van der Waals surface area contributed by atoms with E-state index < -0.39 is 0 Å². The zero-order chi connectivity index (χ0) is 12.1. The van der Waals surface area contributed by atoms with Gasteiger partial charge in [0.05, 0.1) is 16.4 Å². The van der Waals surface area contributed by atoms with Gasteiger partial charge in [-0.1, -0.05) is 0 Å². The highest BCUT2D eigenvalue weighted by molar-refractivity contribution is 9.10. The fraction of sp³-hybridized carbons (Fsp3) is 0.400. The third-order valence-electron chi connectivity index (χ3n) is 2.23. The molecule has 0 spiro atoms. The Hall–Kier alpha value is -1.30. The van der Waals surface area contributed by atoms with Crippen LogP contribution in [0, 0.1) is 6.92 Å². The monoisotopic (exact) mass is 286 g/mol. The van der Waals surface area contributed by atoms with Crippen molar-refractivity contribution in [2.45, 2.75) is 13.3 Å². The van der Waals surface area contributed by atoms with E-state index in [2.05, 4.69) is 31.5 Å². The number of amides is 1. The van der Waals surface area contributed by atoms with Crippen molar-refractivity contribution in [1.82, 2.24) is 10.3 Å². The van der Waals surface area contributed by atoms with Crippen LogP contribution in [0.2, 0.25) is 0 Å². The fourth-order valence-corrected chi connectivity index (χ4v) is 1.61. The van der Waals surface area contributed by atoms with Crippen molar-refractivity contribution >= 4 is 33.3 Å². The number of pyridine rings is 1. The average Bonchev–Trinajstić information content (AvgIpc) is 2.29. The molecule has 0 aliphatic rings. The van der Waals surface area contributed by atoms with Gasteiger partial charge in [0, 0.05) is 20.0 Å². The molecule has 1 aromatic rings. The summed E-state index contributed by atoms with van der Waals surface area (Å²) in [4.78, 5) is 15.2. The van der Waals surface area contributed by atoms with Crippen molar-refractivity contribution in [2.75, 3.05) is 24.6 Å². The van der Waals surface area contributed by atoms with Crippen LogP contribution in [0.1, 0.15) is 12.0 Å². The third-order valence-corrected chi connectivity index (χ3v) is 3.20. The zero-order valence-corrected chi connectivity index (χ0v) is 10.9. The minimum absolute atomic E-state index is 0.00390. The van der Waals surface area contributed by atoms with Gasteiger partial charge in [0.15, 0.2) is 0 Å². The number of halogens is 1. The number of hydrogen-bond donors (Lipinski definition) is 3. The van der Waals surface area contributed by atoms with E-state index in [0.717, 1.165) is 10.0 Å². The second-order valence-electron chi connectivity index (χ2n) is 3.35. The first-order valence-electron chi connectivity index (χ1n) is 4.91. The van der Waals surface area contributed by atoms with Gasteiger partial charge in [0.1, 0.15) is 5.82 Å². The molecular formula is C10H15BrN4O. The second-order valence-corrected chi connectivity index (χ2v) is 4.14. The Kier molecular flexibility index (Phi) is 4.54. The quantitative estimate of drug-likeness (QED) is 0.779. The van der Waals surface area contributed by atoms with Gasteiger partial charge in [-0.15, -0.1) is 0 Å². The van der Waals surface area contributed by atoms with Gasteiger partial charge in [0.25, 0.3) is 0 Å². The van der Waals surface area contributed by atoms with Crippen molar-refractivity contribution in [2.24, 2.45) is 0 Å². The molecule has 16 heavy (non-hydrogen) atoms. The van der Waals surface area contributed by atoms with Crippen LogP contribution in [0.15, 0.2) is 10.7 Å². The van der Waals surface area contributed by atoms with E-state index in [9.17, 15) is 4.79 Å². The molecule has 0 saturated carbocycles. The number of carbonyl (C=O) groups is 1. The Balaban J connectivity index is 2.61. The number of hydrogen-bond acceptors (Lipinski definition) is 4. The summed E-state index contributed by atoms with van der Waals surface area (Å²) >= 11 is 3.41. The van der Waals surface area contributed by atoms with E-state index in [1.807, 2.05) is 6.92 Å². The van der Waals surface area contributed by atoms with Gasteiger partial charge >= 0.3 is 0 Å². The Bertz CT molecular complexity index is 395. The fourth-order valence-electron chi connectivity index (χ4n) is 1.13. The maximum Gasteiger partial charge on any atom is 0.221 e. The van der Waals surface area contributed by atoms with Crippen LogP contribution in [-0.4, -0.2) is 24.5 Å². The van der Waals surface area contributed by atoms with E-state index in [-0.39, 0.29) is 5.91 Å². The van der Waals surface area contributed by atoms with Gasteiger partial charge in [-0.05, 0) is 28.4 Å². The number of nitrogens with zero attached hydrogens (tertiary/aromatic N) is 1. The summed E-state index contributed by atoms with van der Waals surface area (Å²) < 4.78 is 0.837. The Morgan fingerprint density at radius 3 is 2.94 bits per heavy atom. The molecule has 4 N–H and O–H groups in total. The molecule has 1 aromatic heterocycles. The van der Waals surface area contributed by atoms with Crippen LogP contribution >= 0.6 is 15.9 Å². The molecular weight excluding hydrogens is 272 g/mol. The highest BCUT2D eigenvalue weighted by Crippen LogP contribution is 2.27. The minimum Gasteiger partial charge on any atom is -0.397 e. The number of nitrogens with one attached hydrogen (secondary N) is 2. The lowest BCUT2D eigenvalue weighted by molar-refractivity contribution is -0.120. The molecule has 5 nitrogen and oxygen atoms in total. The molecule has 0 saturated heterocycles.